The van der Waals surface area contributed by atoms with Crippen molar-refractivity contribution in [1.82, 2.24) is 34.3 Å². The summed E-state index contributed by atoms with van der Waals surface area (Å²) in [5.41, 5.74) is 4.04. The summed E-state index contributed by atoms with van der Waals surface area (Å²) in [6.45, 7) is 9.01. The van der Waals surface area contributed by atoms with E-state index in [1.54, 1.807) is 19.4 Å². The SMILES string of the molecule is CCCc1c2c(nn1Cc1ccccn1)CNC(c1cc(S(=O)(=O)N3CCN(CC)CC3)cnc1OCCOC)=N2. The molecule has 1 fully saturated rings. The van der Waals surface area contributed by atoms with E-state index in [1.807, 2.05) is 22.9 Å². The molecule has 0 bridgehead atoms. The average molecular weight is 583 g/mol. The molecule has 0 aliphatic carbocycles. The number of pyridine rings is 2. The molecule has 12 nitrogen and oxygen atoms in total. The van der Waals surface area contributed by atoms with Crippen LogP contribution >= 0.6 is 0 Å². The zero-order valence-corrected chi connectivity index (χ0v) is 24.7. The van der Waals surface area contributed by atoms with Gasteiger partial charge in [0.05, 0.1) is 42.8 Å². The Morgan fingerprint density at radius 3 is 2.61 bits per heavy atom. The van der Waals surface area contributed by atoms with Crippen molar-refractivity contribution in [3.8, 4) is 5.88 Å². The monoisotopic (exact) mass is 582 g/mol. The smallest absolute Gasteiger partial charge is 0.244 e. The highest BCUT2D eigenvalue weighted by Crippen LogP contribution is 2.32. The van der Waals surface area contributed by atoms with E-state index in [-0.39, 0.29) is 11.5 Å². The molecule has 220 valence electrons. The highest BCUT2D eigenvalue weighted by Gasteiger charge is 2.31. The first-order valence-electron chi connectivity index (χ1n) is 14.1. The van der Waals surface area contributed by atoms with E-state index in [0.29, 0.717) is 63.2 Å². The van der Waals surface area contributed by atoms with Gasteiger partial charge in [-0.2, -0.15) is 9.40 Å². The third kappa shape index (κ3) is 6.43. The van der Waals surface area contributed by atoms with Crippen molar-refractivity contribution in [2.45, 2.75) is 44.7 Å². The van der Waals surface area contributed by atoms with Crippen LogP contribution in [0.2, 0.25) is 0 Å². The minimum atomic E-state index is -3.75. The number of fused-ring (bicyclic) bond motifs is 1. The lowest BCUT2D eigenvalue weighted by Gasteiger charge is -2.33. The Hall–Kier alpha value is -3.39. The van der Waals surface area contributed by atoms with Gasteiger partial charge in [0.15, 0.2) is 0 Å². The van der Waals surface area contributed by atoms with Crippen LogP contribution in [0.25, 0.3) is 0 Å². The van der Waals surface area contributed by atoms with E-state index in [9.17, 15) is 8.42 Å². The van der Waals surface area contributed by atoms with Gasteiger partial charge in [-0.1, -0.05) is 26.3 Å². The van der Waals surface area contributed by atoms with Gasteiger partial charge in [-0.25, -0.2) is 18.4 Å². The van der Waals surface area contributed by atoms with Crippen molar-refractivity contribution in [1.29, 1.82) is 0 Å². The van der Waals surface area contributed by atoms with E-state index in [4.69, 9.17) is 19.6 Å². The molecular formula is C28H38N8O4S. The molecule has 3 aromatic rings. The summed E-state index contributed by atoms with van der Waals surface area (Å²) in [5, 5.41) is 8.18. The Morgan fingerprint density at radius 1 is 1.07 bits per heavy atom. The first kappa shape index (κ1) is 29.1. The molecule has 13 heteroatoms. The number of likely N-dealkylation sites (N-methyl/N-ethyl adjacent to an activating group) is 1. The number of amidine groups is 1. The number of piperazine rings is 1. The van der Waals surface area contributed by atoms with E-state index in [2.05, 4.69) is 34.0 Å². The van der Waals surface area contributed by atoms with Crippen molar-refractivity contribution in [2.24, 2.45) is 4.99 Å². The first-order chi connectivity index (χ1) is 19.9. The molecule has 0 unspecified atom stereocenters. The predicted molar refractivity (Wildman–Crippen MR) is 155 cm³/mol. The van der Waals surface area contributed by atoms with E-state index in [0.717, 1.165) is 42.2 Å². The molecule has 0 aromatic carbocycles. The lowest BCUT2D eigenvalue weighted by atomic mass is 10.1. The second-order valence-electron chi connectivity index (χ2n) is 9.99. The van der Waals surface area contributed by atoms with Crippen LogP contribution < -0.4 is 10.1 Å². The molecule has 0 radical (unpaired) electrons. The minimum Gasteiger partial charge on any atom is -0.475 e. The Kier molecular flexibility index (Phi) is 9.28. The molecule has 0 atom stereocenters. The molecule has 1 N–H and O–H groups in total. The molecule has 0 saturated carbocycles. The lowest BCUT2D eigenvalue weighted by Crippen LogP contribution is -2.48. The molecule has 0 amide bonds. The molecular weight excluding hydrogens is 544 g/mol. The fourth-order valence-corrected chi connectivity index (χ4v) is 6.44. The van der Waals surface area contributed by atoms with Crippen molar-refractivity contribution >= 4 is 21.5 Å². The van der Waals surface area contributed by atoms with Gasteiger partial charge in [0.2, 0.25) is 15.9 Å². The first-order valence-corrected chi connectivity index (χ1v) is 15.5. The number of sulfonamides is 1. The van der Waals surface area contributed by atoms with Crippen molar-refractivity contribution in [3.63, 3.8) is 0 Å². The summed E-state index contributed by atoms with van der Waals surface area (Å²) in [5.74, 6) is 0.796. The van der Waals surface area contributed by atoms with Gasteiger partial charge in [-0.15, -0.1) is 0 Å². The molecule has 2 aliphatic rings. The summed E-state index contributed by atoms with van der Waals surface area (Å²) in [7, 11) is -2.15. The Bertz CT molecular complexity index is 1470. The molecule has 41 heavy (non-hydrogen) atoms. The van der Waals surface area contributed by atoms with Gasteiger partial charge < -0.3 is 19.7 Å². The van der Waals surface area contributed by atoms with Crippen molar-refractivity contribution < 1.29 is 17.9 Å². The zero-order chi connectivity index (χ0) is 28.8. The van der Waals surface area contributed by atoms with Crippen LogP contribution in [-0.4, -0.2) is 96.3 Å². The molecule has 3 aromatic heterocycles. The highest BCUT2D eigenvalue weighted by molar-refractivity contribution is 7.89. The Balaban J connectivity index is 1.51. The average Bonchev–Trinajstić information content (AvgIpc) is 3.34. The number of rotatable bonds is 12. The topological polar surface area (TPSA) is 127 Å². The highest BCUT2D eigenvalue weighted by atomic mass is 32.2. The maximum atomic E-state index is 13.6. The van der Waals surface area contributed by atoms with Crippen LogP contribution in [0.5, 0.6) is 5.88 Å². The van der Waals surface area contributed by atoms with Crippen molar-refractivity contribution in [3.05, 3.63) is 59.3 Å². The second-order valence-corrected chi connectivity index (χ2v) is 11.9. The summed E-state index contributed by atoms with van der Waals surface area (Å²) in [6, 6.07) is 7.45. The molecule has 2 aliphatic heterocycles. The maximum absolute atomic E-state index is 13.6. The Morgan fingerprint density at radius 2 is 1.90 bits per heavy atom. The Labute approximate surface area is 241 Å². The number of hydrogen-bond acceptors (Lipinski definition) is 10. The third-order valence-corrected chi connectivity index (χ3v) is 9.16. The van der Waals surface area contributed by atoms with Gasteiger partial charge in [0.25, 0.3) is 0 Å². The van der Waals surface area contributed by atoms with Gasteiger partial charge in [0, 0.05) is 39.5 Å². The third-order valence-electron chi connectivity index (χ3n) is 7.29. The van der Waals surface area contributed by atoms with Gasteiger partial charge in [-0.05, 0) is 31.2 Å². The standard InChI is InChI=1S/C28H38N8O4S/c1-4-8-25-26-24(33-36(25)20-21-9-6-7-10-29-21)19-30-27(32-26)23-17-22(18-31-28(23)40-16-15-39-3)41(37,38)35-13-11-34(5-2)12-14-35/h6-7,9-10,17-18H,4-5,8,11-16,19-20H2,1-3H3,(H,30,32). The molecule has 0 spiro atoms. The van der Waals surface area contributed by atoms with Gasteiger partial charge in [-0.3, -0.25) is 9.67 Å². The van der Waals surface area contributed by atoms with Crippen LogP contribution in [0.4, 0.5) is 5.69 Å². The fourth-order valence-electron chi connectivity index (χ4n) is 5.04. The van der Waals surface area contributed by atoms with Gasteiger partial charge >= 0.3 is 0 Å². The van der Waals surface area contributed by atoms with Crippen LogP contribution in [-0.2, 0) is 34.3 Å². The number of nitrogens with zero attached hydrogens (tertiary/aromatic N) is 7. The van der Waals surface area contributed by atoms with Gasteiger partial charge in [0.1, 0.15) is 28.7 Å². The van der Waals surface area contributed by atoms with Crippen molar-refractivity contribution in [2.75, 3.05) is 53.0 Å². The number of aromatic nitrogens is 4. The number of aliphatic imine (C=N–C) groups is 1. The predicted octanol–water partition coefficient (Wildman–Crippen LogP) is 2.21. The number of hydrogen-bond donors (Lipinski definition) is 1. The minimum absolute atomic E-state index is 0.117. The molecule has 5 heterocycles. The number of nitrogens with one attached hydrogen (secondary N) is 1. The zero-order valence-electron chi connectivity index (χ0n) is 23.9. The summed E-state index contributed by atoms with van der Waals surface area (Å²) in [4.78, 5) is 16.2. The second kappa shape index (κ2) is 13.1. The molecule has 1 saturated heterocycles. The molecule has 5 rings (SSSR count). The van der Waals surface area contributed by atoms with Crippen LogP contribution in [0, 0.1) is 0 Å². The van der Waals surface area contributed by atoms with E-state index >= 15 is 0 Å². The summed E-state index contributed by atoms with van der Waals surface area (Å²) < 4.78 is 41.8. The summed E-state index contributed by atoms with van der Waals surface area (Å²) in [6.07, 6.45) is 4.86. The fraction of sp³-hybridized carbons (Fsp3) is 0.500. The number of methoxy groups -OCH3 is 1. The van der Waals surface area contributed by atoms with Crippen LogP contribution in [0.3, 0.4) is 0 Å². The maximum Gasteiger partial charge on any atom is 0.244 e. The van der Waals surface area contributed by atoms with Crippen LogP contribution in [0.1, 0.15) is 42.9 Å². The summed E-state index contributed by atoms with van der Waals surface area (Å²) >= 11 is 0. The van der Waals surface area contributed by atoms with E-state index < -0.39 is 10.0 Å². The van der Waals surface area contributed by atoms with Crippen LogP contribution in [0.15, 0.2) is 46.5 Å². The van der Waals surface area contributed by atoms with E-state index in [1.165, 1.54) is 10.5 Å². The quantitative estimate of drug-likeness (QED) is 0.320. The normalized spacial score (nSPS) is 16.2. The lowest BCUT2D eigenvalue weighted by molar-refractivity contribution is 0.143. The number of ether oxygens (including phenoxy) is 2. The largest absolute Gasteiger partial charge is 0.475 e.